The van der Waals surface area contributed by atoms with Crippen molar-refractivity contribution in [2.75, 3.05) is 6.54 Å². The first-order chi connectivity index (χ1) is 13.9. The second-order valence-corrected chi connectivity index (χ2v) is 7.82. The maximum absolute atomic E-state index is 13.2. The largest absolute Gasteiger partial charge is 0.354 e. The lowest BCUT2D eigenvalue weighted by molar-refractivity contribution is -0.140. The van der Waals surface area contributed by atoms with Gasteiger partial charge in [0.15, 0.2) is 0 Å². The fourth-order valence-corrected chi connectivity index (χ4v) is 3.45. The van der Waals surface area contributed by atoms with Gasteiger partial charge in [-0.15, -0.1) is 0 Å². The number of nitrogens with one attached hydrogen (secondary N) is 1. The van der Waals surface area contributed by atoms with Gasteiger partial charge in [0.1, 0.15) is 6.04 Å². The highest BCUT2D eigenvalue weighted by Crippen LogP contribution is 2.17. The SMILES string of the molecule is CCCCNC(=O)[C@@H](CC)N(Cc1ccc(C)cc1)C(=O)Cc1cccc(Cl)c1. The number of unbranched alkanes of at least 4 members (excludes halogenated alkanes) is 1. The quantitative estimate of drug-likeness (QED) is 0.561. The average Bonchev–Trinajstić information content (AvgIpc) is 2.69. The molecular weight excluding hydrogens is 384 g/mol. The Morgan fingerprint density at radius 3 is 2.41 bits per heavy atom. The summed E-state index contributed by atoms with van der Waals surface area (Å²) in [5, 5.41) is 3.59. The highest BCUT2D eigenvalue weighted by Gasteiger charge is 2.28. The van der Waals surface area contributed by atoms with Gasteiger partial charge >= 0.3 is 0 Å². The summed E-state index contributed by atoms with van der Waals surface area (Å²) in [6.07, 6.45) is 2.71. The van der Waals surface area contributed by atoms with Crippen LogP contribution in [0.2, 0.25) is 5.02 Å². The lowest BCUT2D eigenvalue weighted by Gasteiger charge is -2.31. The highest BCUT2D eigenvalue weighted by atomic mass is 35.5. The van der Waals surface area contributed by atoms with Crippen LogP contribution in [0.3, 0.4) is 0 Å². The summed E-state index contributed by atoms with van der Waals surface area (Å²) in [5.41, 5.74) is 3.02. The first kappa shape index (κ1) is 23.0. The van der Waals surface area contributed by atoms with Gasteiger partial charge in [-0.2, -0.15) is 0 Å². The second kappa shape index (κ2) is 11.6. The Bertz CT molecular complexity index is 805. The summed E-state index contributed by atoms with van der Waals surface area (Å²) in [7, 11) is 0. The molecule has 156 valence electrons. The average molecular weight is 415 g/mol. The molecule has 0 aliphatic carbocycles. The van der Waals surface area contributed by atoms with Gasteiger partial charge in [0.05, 0.1) is 6.42 Å². The third-order valence-electron chi connectivity index (χ3n) is 4.93. The van der Waals surface area contributed by atoms with Gasteiger partial charge in [0.25, 0.3) is 0 Å². The van der Waals surface area contributed by atoms with E-state index in [1.807, 2.05) is 50.2 Å². The monoisotopic (exact) mass is 414 g/mol. The molecule has 0 saturated carbocycles. The molecule has 2 rings (SSSR count). The van der Waals surface area contributed by atoms with E-state index in [9.17, 15) is 9.59 Å². The standard InChI is InChI=1S/C24H31ClN2O2/c1-4-6-14-26-24(29)22(5-2)27(17-19-12-10-18(3)11-13-19)23(28)16-20-8-7-9-21(25)15-20/h7-13,15,22H,4-6,14,16-17H2,1-3H3,(H,26,29)/t22-/m1/s1. The lowest BCUT2D eigenvalue weighted by atomic mass is 10.1. The number of amides is 2. The first-order valence-electron chi connectivity index (χ1n) is 10.3. The van der Waals surface area contributed by atoms with Crippen LogP contribution >= 0.6 is 11.6 Å². The van der Waals surface area contributed by atoms with Crippen molar-refractivity contribution in [3.8, 4) is 0 Å². The Kier molecular flexibility index (Phi) is 9.20. The van der Waals surface area contributed by atoms with Gasteiger partial charge in [-0.3, -0.25) is 9.59 Å². The van der Waals surface area contributed by atoms with Crippen molar-refractivity contribution in [2.45, 2.75) is 59.0 Å². The maximum Gasteiger partial charge on any atom is 0.242 e. The molecule has 4 nitrogen and oxygen atoms in total. The van der Waals surface area contributed by atoms with Gasteiger partial charge in [0, 0.05) is 18.1 Å². The third-order valence-corrected chi connectivity index (χ3v) is 5.17. The van der Waals surface area contributed by atoms with Gasteiger partial charge in [-0.1, -0.05) is 73.8 Å². The summed E-state index contributed by atoms with van der Waals surface area (Å²) in [4.78, 5) is 27.8. The van der Waals surface area contributed by atoms with Gasteiger partial charge in [-0.25, -0.2) is 0 Å². The van der Waals surface area contributed by atoms with E-state index < -0.39 is 6.04 Å². The summed E-state index contributed by atoms with van der Waals surface area (Å²) in [6.45, 7) is 7.09. The highest BCUT2D eigenvalue weighted by molar-refractivity contribution is 6.30. The lowest BCUT2D eigenvalue weighted by Crippen LogP contribution is -2.49. The Labute approximate surface area is 179 Å². The van der Waals surface area contributed by atoms with Gasteiger partial charge in [0.2, 0.25) is 11.8 Å². The van der Waals surface area contributed by atoms with Crippen molar-refractivity contribution in [2.24, 2.45) is 0 Å². The second-order valence-electron chi connectivity index (χ2n) is 7.38. The molecule has 1 atom stereocenters. The Hall–Kier alpha value is -2.33. The van der Waals surface area contributed by atoms with Crippen LogP contribution in [0.1, 0.15) is 49.8 Å². The van der Waals surface area contributed by atoms with Crippen molar-refractivity contribution in [1.82, 2.24) is 10.2 Å². The van der Waals surface area contributed by atoms with E-state index >= 15 is 0 Å². The fourth-order valence-electron chi connectivity index (χ4n) is 3.24. The van der Waals surface area contributed by atoms with E-state index in [4.69, 9.17) is 11.6 Å². The number of carbonyl (C=O) groups excluding carboxylic acids is 2. The molecule has 0 bridgehead atoms. The number of aryl methyl sites for hydroxylation is 1. The molecule has 2 aromatic carbocycles. The van der Waals surface area contributed by atoms with E-state index in [1.54, 1.807) is 17.0 Å². The van der Waals surface area contributed by atoms with Crippen LogP contribution < -0.4 is 5.32 Å². The van der Waals surface area contributed by atoms with E-state index in [0.29, 0.717) is 24.5 Å². The van der Waals surface area contributed by atoms with Crippen molar-refractivity contribution in [3.63, 3.8) is 0 Å². The predicted molar refractivity (Wildman–Crippen MR) is 119 cm³/mol. The number of benzene rings is 2. The van der Waals surface area contributed by atoms with E-state index in [0.717, 1.165) is 29.5 Å². The number of carbonyl (C=O) groups is 2. The van der Waals surface area contributed by atoms with E-state index in [1.165, 1.54) is 0 Å². The Balaban J connectivity index is 2.23. The zero-order chi connectivity index (χ0) is 21.2. The summed E-state index contributed by atoms with van der Waals surface area (Å²) in [5.74, 6) is -0.169. The molecule has 0 heterocycles. The molecule has 0 spiro atoms. The smallest absolute Gasteiger partial charge is 0.242 e. The minimum absolute atomic E-state index is 0.0784. The summed E-state index contributed by atoms with van der Waals surface area (Å²) >= 11 is 6.07. The molecule has 0 unspecified atom stereocenters. The van der Waals surface area contributed by atoms with Crippen molar-refractivity contribution in [1.29, 1.82) is 0 Å². The molecule has 0 aromatic heterocycles. The van der Waals surface area contributed by atoms with Crippen LogP contribution in [-0.4, -0.2) is 29.3 Å². The Morgan fingerprint density at radius 2 is 1.79 bits per heavy atom. The van der Waals surface area contributed by atoms with Crippen molar-refractivity contribution in [3.05, 3.63) is 70.2 Å². The van der Waals surface area contributed by atoms with Crippen LogP contribution in [0.5, 0.6) is 0 Å². The molecule has 0 aliphatic heterocycles. The number of nitrogens with zero attached hydrogens (tertiary/aromatic N) is 1. The third kappa shape index (κ3) is 7.21. The molecule has 1 N–H and O–H groups in total. The molecule has 29 heavy (non-hydrogen) atoms. The van der Waals surface area contributed by atoms with Crippen molar-refractivity contribution >= 4 is 23.4 Å². The molecule has 0 radical (unpaired) electrons. The number of halogens is 1. The van der Waals surface area contributed by atoms with Gasteiger partial charge < -0.3 is 10.2 Å². The molecular formula is C24H31ClN2O2. The minimum atomic E-state index is -0.500. The Morgan fingerprint density at radius 1 is 1.07 bits per heavy atom. The topological polar surface area (TPSA) is 49.4 Å². The molecule has 2 amide bonds. The minimum Gasteiger partial charge on any atom is -0.354 e. The van der Waals surface area contributed by atoms with E-state index in [2.05, 4.69) is 12.2 Å². The van der Waals surface area contributed by atoms with Crippen LogP contribution in [0.25, 0.3) is 0 Å². The van der Waals surface area contributed by atoms with Crippen LogP contribution in [0.15, 0.2) is 48.5 Å². The first-order valence-corrected chi connectivity index (χ1v) is 10.7. The van der Waals surface area contributed by atoms with Crippen LogP contribution in [0.4, 0.5) is 0 Å². The number of hydrogen-bond acceptors (Lipinski definition) is 2. The number of rotatable bonds is 10. The zero-order valence-electron chi connectivity index (χ0n) is 17.6. The summed E-state index contributed by atoms with van der Waals surface area (Å²) < 4.78 is 0. The van der Waals surface area contributed by atoms with Crippen LogP contribution in [-0.2, 0) is 22.6 Å². The fraction of sp³-hybridized carbons (Fsp3) is 0.417. The van der Waals surface area contributed by atoms with Crippen molar-refractivity contribution < 1.29 is 9.59 Å². The zero-order valence-corrected chi connectivity index (χ0v) is 18.3. The maximum atomic E-state index is 13.2. The molecule has 2 aromatic rings. The number of hydrogen-bond donors (Lipinski definition) is 1. The molecule has 0 fully saturated rings. The molecule has 0 saturated heterocycles. The van der Waals surface area contributed by atoms with Gasteiger partial charge in [-0.05, 0) is 43.0 Å². The van der Waals surface area contributed by atoms with Crippen LogP contribution in [0, 0.1) is 6.92 Å². The normalized spacial score (nSPS) is 11.7. The summed E-state index contributed by atoms with van der Waals surface area (Å²) in [6, 6.07) is 14.9. The molecule has 5 heteroatoms. The molecule has 0 aliphatic rings. The van der Waals surface area contributed by atoms with E-state index in [-0.39, 0.29) is 18.2 Å². The predicted octanol–water partition coefficient (Wildman–Crippen LogP) is 4.91.